The molecule has 0 radical (unpaired) electrons. The average Bonchev–Trinajstić information content (AvgIpc) is 3.39. The van der Waals surface area contributed by atoms with Gasteiger partial charge in [0.2, 0.25) is 11.1 Å². The van der Waals surface area contributed by atoms with Crippen molar-refractivity contribution in [3.63, 3.8) is 0 Å². The van der Waals surface area contributed by atoms with Crippen molar-refractivity contribution in [2.45, 2.75) is 50.4 Å². The molecule has 1 aromatic carbocycles. The molecule has 0 bridgehead atoms. The smallest absolute Gasteiger partial charge is 0.233 e. The van der Waals surface area contributed by atoms with E-state index in [9.17, 15) is 4.79 Å². The van der Waals surface area contributed by atoms with Crippen LogP contribution in [0.4, 0.5) is 0 Å². The lowest BCUT2D eigenvalue weighted by molar-refractivity contribution is -0.130. The van der Waals surface area contributed by atoms with E-state index >= 15 is 0 Å². The van der Waals surface area contributed by atoms with Gasteiger partial charge in [0.05, 0.1) is 18.9 Å². The maximum atomic E-state index is 12.7. The van der Waals surface area contributed by atoms with Gasteiger partial charge in [0.1, 0.15) is 5.75 Å². The number of ether oxygens (including phenoxy) is 1. The van der Waals surface area contributed by atoms with Crippen molar-refractivity contribution in [3.8, 4) is 5.75 Å². The van der Waals surface area contributed by atoms with E-state index in [1.165, 1.54) is 17.3 Å². The summed E-state index contributed by atoms with van der Waals surface area (Å²) in [5.41, 5.74) is 1.19. The van der Waals surface area contributed by atoms with Gasteiger partial charge in [-0.05, 0) is 61.2 Å². The fraction of sp³-hybridized carbons (Fsp3) is 0.556. The molecule has 1 saturated carbocycles. The summed E-state index contributed by atoms with van der Waals surface area (Å²) in [6.45, 7) is 4.79. The standard InChI is InChI=1S/C18H25N5O2S/c1-4-22(13(2)11-14-5-9-16(25-3)10-6-14)17(24)12-26-18-19-20-21-23(18)15-7-8-15/h5-6,9-10,13,15H,4,7-8,11-12H2,1-3H3. The average molecular weight is 375 g/mol. The summed E-state index contributed by atoms with van der Waals surface area (Å²) in [5, 5.41) is 12.5. The molecule has 3 rings (SSSR count). The molecule has 0 spiro atoms. The monoisotopic (exact) mass is 375 g/mol. The van der Waals surface area contributed by atoms with E-state index in [0.717, 1.165) is 30.2 Å². The van der Waals surface area contributed by atoms with Crippen LogP contribution in [-0.2, 0) is 11.2 Å². The zero-order valence-electron chi connectivity index (χ0n) is 15.5. The van der Waals surface area contributed by atoms with Crippen molar-refractivity contribution in [1.29, 1.82) is 0 Å². The number of carbonyl (C=O) groups excluding carboxylic acids is 1. The fourth-order valence-corrected chi connectivity index (χ4v) is 3.82. The van der Waals surface area contributed by atoms with Gasteiger partial charge in [-0.25, -0.2) is 4.68 Å². The lowest BCUT2D eigenvalue weighted by Gasteiger charge is -2.28. The highest BCUT2D eigenvalue weighted by Crippen LogP contribution is 2.36. The minimum atomic E-state index is 0.115. The Morgan fingerprint density at radius 1 is 1.38 bits per heavy atom. The lowest BCUT2D eigenvalue weighted by atomic mass is 10.1. The molecule has 1 aliphatic carbocycles. The number of likely N-dealkylation sites (N-methyl/N-ethyl adjacent to an activating group) is 1. The third kappa shape index (κ3) is 4.55. The van der Waals surface area contributed by atoms with Gasteiger partial charge in [-0.1, -0.05) is 23.9 Å². The van der Waals surface area contributed by atoms with Gasteiger partial charge in [0.25, 0.3) is 0 Å². The van der Waals surface area contributed by atoms with Crippen LogP contribution in [0, 0.1) is 0 Å². The molecule has 1 aliphatic rings. The predicted molar refractivity (Wildman–Crippen MR) is 100 cm³/mol. The third-order valence-electron chi connectivity index (χ3n) is 4.56. The second kappa shape index (κ2) is 8.53. The highest BCUT2D eigenvalue weighted by molar-refractivity contribution is 7.99. The summed E-state index contributed by atoms with van der Waals surface area (Å²) in [7, 11) is 1.66. The van der Waals surface area contributed by atoms with Gasteiger partial charge in [-0.3, -0.25) is 4.79 Å². The number of methoxy groups -OCH3 is 1. The lowest BCUT2D eigenvalue weighted by Crippen LogP contribution is -2.40. The molecule has 140 valence electrons. The minimum Gasteiger partial charge on any atom is -0.497 e. The first kappa shape index (κ1) is 18.7. The van der Waals surface area contributed by atoms with E-state index in [0.29, 0.717) is 18.3 Å². The number of hydrogen-bond donors (Lipinski definition) is 0. The number of hydrogen-bond acceptors (Lipinski definition) is 6. The van der Waals surface area contributed by atoms with Crippen LogP contribution < -0.4 is 4.74 Å². The summed E-state index contributed by atoms with van der Waals surface area (Å²) in [4.78, 5) is 14.6. The van der Waals surface area contributed by atoms with E-state index in [1.54, 1.807) is 7.11 Å². The third-order valence-corrected chi connectivity index (χ3v) is 5.48. The highest BCUT2D eigenvalue weighted by Gasteiger charge is 2.28. The summed E-state index contributed by atoms with van der Waals surface area (Å²) in [6.07, 6.45) is 3.05. The Hall–Kier alpha value is -2.09. The maximum absolute atomic E-state index is 12.7. The van der Waals surface area contributed by atoms with Crippen molar-refractivity contribution >= 4 is 17.7 Å². The van der Waals surface area contributed by atoms with Crippen LogP contribution >= 0.6 is 11.8 Å². The number of thioether (sulfide) groups is 1. The quantitative estimate of drug-likeness (QED) is 0.627. The molecule has 0 saturated heterocycles. The summed E-state index contributed by atoms with van der Waals surface area (Å²) in [5.74, 6) is 1.31. The Balaban J connectivity index is 1.55. The summed E-state index contributed by atoms with van der Waals surface area (Å²) in [6, 6.07) is 8.54. The first-order valence-electron chi connectivity index (χ1n) is 8.95. The van der Waals surface area contributed by atoms with Crippen LogP contribution in [0.25, 0.3) is 0 Å². The van der Waals surface area contributed by atoms with Crippen LogP contribution in [-0.4, -0.2) is 56.5 Å². The molecule has 7 nitrogen and oxygen atoms in total. The number of tetrazole rings is 1. The van der Waals surface area contributed by atoms with Gasteiger partial charge in [0, 0.05) is 12.6 Å². The highest BCUT2D eigenvalue weighted by atomic mass is 32.2. The molecular formula is C18H25N5O2S. The van der Waals surface area contributed by atoms with E-state index < -0.39 is 0 Å². The van der Waals surface area contributed by atoms with Crippen molar-refractivity contribution in [1.82, 2.24) is 25.1 Å². The first-order chi connectivity index (χ1) is 12.6. The Morgan fingerprint density at radius 2 is 2.12 bits per heavy atom. The SMILES string of the molecule is CCN(C(=O)CSc1nnnn1C1CC1)C(C)Cc1ccc(OC)cc1. The molecule has 0 N–H and O–H groups in total. The first-order valence-corrected chi connectivity index (χ1v) is 9.94. The molecule has 1 heterocycles. The number of nitrogens with zero attached hydrogens (tertiary/aromatic N) is 5. The number of aromatic nitrogens is 4. The molecule has 2 aromatic rings. The van der Waals surface area contributed by atoms with E-state index in [2.05, 4.69) is 22.4 Å². The molecule has 1 aromatic heterocycles. The fourth-order valence-electron chi connectivity index (χ4n) is 2.98. The number of rotatable bonds is 9. The zero-order chi connectivity index (χ0) is 18.5. The van der Waals surface area contributed by atoms with Crippen molar-refractivity contribution in [2.75, 3.05) is 19.4 Å². The topological polar surface area (TPSA) is 73.1 Å². The van der Waals surface area contributed by atoms with Crippen LogP contribution in [0.1, 0.15) is 38.3 Å². The predicted octanol–water partition coefficient (Wildman–Crippen LogP) is 2.59. The largest absolute Gasteiger partial charge is 0.497 e. The summed E-state index contributed by atoms with van der Waals surface area (Å²) < 4.78 is 7.04. The number of amides is 1. The molecule has 26 heavy (non-hydrogen) atoms. The Bertz CT molecular complexity index is 729. The number of benzene rings is 1. The molecular weight excluding hydrogens is 350 g/mol. The van der Waals surface area contributed by atoms with Crippen LogP contribution in [0.2, 0.25) is 0 Å². The Morgan fingerprint density at radius 3 is 2.73 bits per heavy atom. The second-order valence-electron chi connectivity index (χ2n) is 6.51. The van der Waals surface area contributed by atoms with Crippen molar-refractivity contribution in [2.24, 2.45) is 0 Å². The molecule has 0 aliphatic heterocycles. The van der Waals surface area contributed by atoms with Crippen LogP contribution in [0.15, 0.2) is 29.4 Å². The minimum absolute atomic E-state index is 0.115. The van der Waals surface area contributed by atoms with E-state index in [-0.39, 0.29) is 11.9 Å². The zero-order valence-corrected chi connectivity index (χ0v) is 16.3. The normalized spacial score (nSPS) is 14.9. The molecule has 8 heteroatoms. The van der Waals surface area contributed by atoms with Gasteiger partial charge in [0.15, 0.2) is 0 Å². The van der Waals surface area contributed by atoms with Gasteiger partial charge in [-0.15, -0.1) is 5.10 Å². The second-order valence-corrected chi connectivity index (χ2v) is 7.45. The van der Waals surface area contributed by atoms with E-state index in [4.69, 9.17) is 4.74 Å². The van der Waals surface area contributed by atoms with Gasteiger partial charge >= 0.3 is 0 Å². The van der Waals surface area contributed by atoms with Gasteiger partial charge in [-0.2, -0.15) is 0 Å². The molecule has 1 atom stereocenters. The van der Waals surface area contributed by atoms with Crippen molar-refractivity contribution < 1.29 is 9.53 Å². The maximum Gasteiger partial charge on any atom is 0.233 e. The van der Waals surface area contributed by atoms with E-state index in [1.807, 2.05) is 40.8 Å². The molecule has 1 fully saturated rings. The number of carbonyl (C=O) groups is 1. The molecule has 1 unspecified atom stereocenters. The van der Waals surface area contributed by atoms with Crippen LogP contribution in [0.3, 0.4) is 0 Å². The Labute approximate surface area is 158 Å². The van der Waals surface area contributed by atoms with Crippen LogP contribution in [0.5, 0.6) is 5.75 Å². The molecule has 1 amide bonds. The van der Waals surface area contributed by atoms with Crippen molar-refractivity contribution in [3.05, 3.63) is 29.8 Å². The summed E-state index contributed by atoms with van der Waals surface area (Å²) >= 11 is 1.42. The van der Waals surface area contributed by atoms with Gasteiger partial charge < -0.3 is 9.64 Å². The Kier molecular flexibility index (Phi) is 6.13.